The molecule has 0 bridgehead atoms. The van der Waals surface area contributed by atoms with Gasteiger partial charge >= 0.3 is 0 Å². The molecule has 1 fully saturated rings. The summed E-state index contributed by atoms with van der Waals surface area (Å²) in [4.78, 5) is 14.8. The minimum Gasteiger partial charge on any atom is -0.378 e. The summed E-state index contributed by atoms with van der Waals surface area (Å²) in [6.45, 7) is 3.01. The normalized spacial score (nSPS) is 15.6. The van der Waals surface area contributed by atoms with Gasteiger partial charge in [-0.1, -0.05) is 60.7 Å². The fraction of sp³-hybridized carbons (Fsp3) is 0.211. The highest BCUT2D eigenvalue weighted by atomic mass is 16.5. The van der Waals surface area contributed by atoms with E-state index in [1.165, 1.54) is 0 Å². The van der Waals surface area contributed by atoms with Crippen LogP contribution in [-0.4, -0.2) is 37.0 Å². The molecule has 22 heavy (non-hydrogen) atoms. The van der Waals surface area contributed by atoms with Gasteiger partial charge in [0, 0.05) is 30.4 Å². The Morgan fingerprint density at radius 3 is 2.00 bits per heavy atom. The number of carbonyl (C=O) groups excluding carboxylic acids is 1. The van der Waals surface area contributed by atoms with Crippen LogP contribution in [-0.2, 0) is 4.74 Å². The lowest BCUT2D eigenvalue weighted by molar-refractivity contribution is 0.0637. The van der Waals surface area contributed by atoms with Gasteiger partial charge in [0.2, 0.25) is 0 Å². The average Bonchev–Trinajstić information content (AvgIpc) is 2.62. The molecule has 0 saturated carbocycles. The van der Waals surface area contributed by atoms with Gasteiger partial charge in [-0.3, -0.25) is 4.79 Å². The predicted molar refractivity (Wildman–Crippen MR) is 87.6 cm³/mol. The zero-order valence-electron chi connectivity index (χ0n) is 12.4. The first kappa shape index (κ1) is 14.5. The largest absolute Gasteiger partial charge is 0.378 e. The van der Waals surface area contributed by atoms with Crippen molar-refractivity contribution < 1.29 is 9.53 Å². The lowest BCUT2D eigenvalue weighted by Gasteiger charge is -2.31. The van der Waals surface area contributed by atoms with E-state index >= 15 is 0 Å². The summed E-state index contributed by atoms with van der Waals surface area (Å²) in [7, 11) is 0. The van der Waals surface area contributed by atoms with Gasteiger partial charge in [-0.05, 0) is 5.56 Å². The Kier molecular flexibility index (Phi) is 4.66. The lowest BCUT2D eigenvalue weighted by Crippen LogP contribution is -2.35. The van der Waals surface area contributed by atoms with Crippen molar-refractivity contribution in [2.75, 3.05) is 26.3 Å². The summed E-state index contributed by atoms with van der Waals surface area (Å²) in [6.07, 6.45) is 1.75. The highest BCUT2D eigenvalue weighted by Gasteiger charge is 2.16. The van der Waals surface area contributed by atoms with Crippen molar-refractivity contribution in [2.45, 2.75) is 0 Å². The van der Waals surface area contributed by atoms with Crippen molar-refractivity contribution >= 4 is 11.5 Å². The van der Waals surface area contributed by atoms with E-state index in [2.05, 4.69) is 4.90 Å². The van der Waals surface area contributed by atoms with E-state index in [0.29, 0.717) is 18.8 Å². The van der Waals surface area contributed by atoms with Gasteiger partial charge < -0.3 is 9.64 Å². The molecule has 2 aromatic carbocycles. The Hall–Kier alpha value is -2.39. The number of benzene rings is 2. The minimum absolute atomic E-state index is 0.0333. The molecular formula is C19H19NO2. The van der Waals surface area contributed by atoms with Crippen molar-refractivity contribution in [1.82, 2.24) is 4.90 Å². The van der Waals surface area contributed by atoms with Gasteiger partial charge in [-0.15, -0.1) is 0 Å². The van der Waals surface area contributed by atoms with Crippen LogP contribution in [0.2, 0.25) is 0 Å². The van der Waals surface area contributed by atoms with Crippen LogP contribution in [0.15, 0.2) is 66.7 Å². The fourth-order valence-corrected chi connectivity index (χ4v) is 2.58. The first-order valence-electron chi connectivity index (χ1n) is 7.54. The molecule has 1 aliphatic rings. The van der Waals surface area contributed by atoms with Crippen LogP contribution >= 0.6 is 0 Å². The number of hydrogen-bond acceptors (Lipinski definition) is 3. The Bertz CT molecular complexity index is 644. The molecule has 0 amide bonds. The smallest absolute Gasteiger partial charge is 0.187 e. The Labute approximate surface area is 130 Å². The van der Waals surface area contributed by atoms with Gasteiger partial charge in [0.1, 0.15) is 0 Å². The summed E-state index contributed by atoms with van der Waals surface area (Å²) in [5.41, 5.74) is 2.75. The zero-order chi connectivity index (χ0) is 15.2. The third-order valence-corrected chi connectivity index (χ3v) is 3.75. The van der Waals surface area contributed by atoms with Crippen LogP contribution < -0.4 is 0 Å². The topological polar surface area (TPSA) is 29.5 Å². The molecule has 3 heteroatoms. The average molecular weight is 293 g/mol. The Morgan fingerprint density at radius 2 is 1.41 bits per heavy atom. The van der Waals surface area contributed by atoms with E-state index in [-0.39, 0.29) is 5.78 Å². The first-order valence-corrected chi connectivity index (χ1v) is 7.54. The molecule has 1 saturated heterocycles. The van der Waals surface area contributed by atoms with Crippen LogP contribution in [0.1, 0.15) is 15.9 Å². The van der Waals surface area contributed by atoms with Crippen LogP contribution in [0.3, 0.4) is 0 Å². The van der Waals surface area contributed by atoms with Crippen molar-refractivity contribution in [2.24, 2.45) is 0 Å². The van der Waals surface area contributed by atoms with Crippen molar-refractivity contribution in [1.29, 1.82) is 0 Å². The second kappa shape index (κ2) is 7.05. The molecule has 0 unspecified atom stereocenters. The minimum atomic E-state index is 0.0333. The molecule has 0 atom stereocenters. The molecule has 0 radical (unpaired) electrons. The molecule has 3 nitrogen and oxygen atoms in total. The summed E-state index contributed by atoms with van der Waals surface area (Å²) in [6, 6.07) is 19.4. The summed E-state index contributed by atoms with van der Waals surface area (Å²) < 4.78 is 5.42. The molecule has 1 heterocycles. The maximum absolute atomic E-state index is 12.5. The molecule has 3 rings (SSSR count). The number of ether oxygens (including phenoxy) is 1. The number of nitrogens with zero attached hydrogens (tertiary/aromatic N) is 1. The SMILES string of the molecule is O=C(/C=C(/c1ccccc1)N1CCOCC1)c1ccccc1. The third kappa shape index (κ3) is 3.43. The number of allylic oxidation sites excluding steroid dienone is 1. The van der Waals surface area contributed by atoms with Gasteiger partial charge in [-0.25, -0.2) is 0 Å². The first-order chi connectivity index (χ1) is 10.8. The van der Waals surface area contributed by atoms with E-state index in [1.807, 2.05) is 60.7 Å². The monoisotopic (exact) mass is 293 g/mol. The number of rotatable bonds is 4. The second-order valence-corrected chi connectivity index (χ2v) is 5.23. The molecule has 0 N–H and O–H groups in total. The maximum Gasteiger partial charge on any atom is 0.187 e. The van der Waals surface area contributed by atoms with Gasteiger partial charge in [0.15, 0.2) is 5.78 Å². The van der Waals surface area contributed by atoms with E-state index in [1.54, 1.807) is 6.08 Å². The zero-order valence-corrected chi connectivity index (χ0v) is 12.4. The number of ketones is 1. The molecule has 0 aliphatic carbocycles. The van der Waals surface area contributed by atoms with Crippen molar-refractivity contribution in [3.63, 3.8) is 0 Å². The van der Waals surface area contributed by atoms with Gasteiger partial charge in [-0.2, -0.15) is 0 Å². The predicted octanol–water partition coefficient (Wildman–Crippen LogP) is 3.24. The van der Waals surface area contributed by atoms with Crippen molar-refractivity contribution in [3.05, 3.63) is 77.9 Å². The Balaban J connectivity index is 1.94. The molecular weight excluding hydrogens is 274 g/mol. The fourth-order valence-electron chi connectivity index (χ4n) is 2.58. The number of carbonyl (C=O) groups is 1. The number of morpholine rings is 1. The summed E-state index contributed by atoms with van der Waals surface area (Å²) in [5.74, 6) is 0.0333. The van der Waals surface area contributed by atoms with Crippen molar-refractivity contribution in [3.8, 4) is 0 Å². The quantitative estimate of drug-likeness (QED) is 0.640. The molecule has 1 aliphatic heterocycles. The second-order valence-electron chi connectivity index (χ2n) is 5.23. The van der Waals surface area contributed by atoms with Gasteiger partial charge in [0.25, 0.3) is 0 Å². The lowest BCUT2D eigenvalue weighted by atomic mass is 10.1. The van der Waals surface area contributed by atoms with E-state index < -0.39 is 0 Å². The third-order valence-electron chi connectivity index (χ3n) is 3.75. The maximum atomic E-state index is 12.5. The van der Waals surface area contributed by atoms with Crippen LogP contribution in [0.25, 0.3) is 5.70 Å². The standard InChI is InChI=1S/C19H19NO2/c21-19(17-9-5-2-6-10-17)15-18(16-7-3-1-4-8-16)20-11-13-22-14-12-20/h1-10,15H,11-14H2/b18-15-. The molecule has 0 aromatic heterocycles. The number of hydrogen-bond donors (Lipinski definition) is 0. The highest BCUT2D eigenvalue weighted by Crippen LogP contribution is 2.21. The van der Waals surface area contributed by atoms with E-state index in [9.17, 15) is 4.79 Å². The summed E-state index contributed by atoms with van der Waals surface area (Å²) >= 11 is 0. The highest BCUT2D eigenvalue weighted by molar-refractivity contribution is 6.08. The Morgan fingerprint density at radius 1 is 0.864 bits per heavy atom. The molecule has 2 aromatic rings. The van der Waals surface area contributed by atoms with Crippen LogP contribution in [0, 0.1) is 0 Å². The molecule has 112 valence electrons. The van der Waals surface area contributed by atoms with Crippen LogP contribution in [0.4, 0.5) is 0 Å². The van der Waals surface area contributed by atoms with Gasteiger partial charge in [0.05, 0.1) is 13.2 Å². The van der Waals surface area contributed by atoms with E-state index in [0.717, 1.165) is 24.4 Å². The van der Waals surface area contributed by atoms with Crippen LogP contribution in [0.5, 0.6) is 0 Å². The van der Waals surface area contributed by atoms with E-state index in [4.69, 9.17) is 4.74 Å². The summed E-state index contributed by atoms with van der Waals surface area (Å²) in [5, 5.41) is 0. The molecule has 0 spiro atoms.